The van der Waals surface area contributed by atoms with Crippen LogP contribution in [0.25, 0.3) is 0 Å². The van der Waals surface area contributed by atoms with Crippen LogP contribution in [-0.2, 0) is 4.79 Å². The Morgan fingerprint density at radius 3 is 2.11 bits per heavy atom. The molecule has 1 aromatic carbocycles. The number of aromatic hydroxyl groups is 1. The van der Waals surface area contributed by atoms with Gasteiger partial charge in [-0.2, -0.15) is 0 Å². The van der Waals surface area contributed by atoms with Crippen molar-refractivity contribution in [3.05, 3.63) is 26.6 Å². The summed E-state index contributed by atoms with van der Waals surface area (Å²) in [5.41, 5.74) is 0.280. The summed E-state index contributed by atoms with van der Waals surface area (Å²) in [7, 11) is 1.41. The van der Waals surface area contributed by atoms with Gasteiger partial charge in [0.1, 0.15) is 11.8 Å². The molecule has 0 saturated heterocycles. The number of halogens is 2. The fourth-order valence-electron chi connectivity index (χ4n) is 1.23. The molecule has 1 unspecified atom stereocenters. The maximum absolute atomic E-state index is 12.0. The molecule has 0 heterocycles. The largest absolute Gasteiger partial charge is 0.506 e. The Labute approximate surface area is 121 Å². The summed E-state index contributed by atoms with van der Waals surface area (Å²) in [6.07, 6.45) is 0. The second-order valence-corrected chi connectivity index (χ2v) is 5.43. The number of rotatable bonds is 3. The van der Waals surface area contributed by atoms with E-state index in [4.69, 9.17) is 5.11 Å². The van der Waals surface area contributed by atoms with E-state index in [0.29, 0.717) is 8.95 Å². The van der Waals surface area contributed by atoms with Crippen LogP contribution in [0.15, 0.2) is 21.1 Å². The predicted octanol–water partition coefficient (Wildman–Crippen LogP) is 2.46. The Balaban J connectivity index is 3.08. The average molecular weight is 381 g/mol. The molecule has 1 aromatic rings. The SMILES string of the molecule is CC(C(=O)O)N(C)C(=O)c1cc(Br)c(O)c(Br)c1. The number of likely N-dealkylation sites (N-methyl/N-ethyl adjacent to an activating group) is 1. The number of hydrogen-bond acceptors (Lipinski definition) is 3. The van der Waals surface area contributed by atoms with Gasteiger partial charge in [-0.25, -0.2) is 4.79 Å². The van der Waals surface area contributed by atoms with Crippen molar-refractivity contribution in [2.45, 2.75) is 13.0 Å². The van der Waals surface area contributed by atoms with Gasteiger partial charge in [0.2, 0.25) is 0 Å². The molecule has 5 nitrogen and oxygen atoms in total. The molecule has 0 saturated carbocycles. The van der Waals surface area contributed by atoms with Gasteiger partial charge < -0.3 is 15.1 Å². The van der Waals surface area contributed by atoms with Gasteiger partial charge in [-0.1, -0.05) is 0 Å². The van der Waals surface area contributed by atoms with E-state index in [1.54, 1.807) is 0 Å². The van der Waals surface area contributed by atoms with Crippen LogP contribution >= 0.6 is 31.9 Å². The van der Waals surface area contributed by atoms with Gasteiger partial charge in [-0.3, -0.25) is 4.79 Å². The van der Waals surface area contributed by atoms with E-state index in [2.05, 4.69) is 31.9 Å². The number of hydrogen-bond donors (Lipinski definition) is 2. The molecule has 0 aromatic heterocycles. The fourth-order valence-corrected chi connectivity index (χ4v) is 2.42. The van der Waals surface area contributed by atoms with E-state index in [0.717, 1.165) is 4.90 Å². The molecule has 0 radical (unpaired) electrons. The lowest BCUT2D eigenvalue weighted by Crippen LogP contribution is -2.40. The molecule has 18 heavy (non-hydrogen) atoms. The molecule has 0 aliphatic carbocycles. The zero-order valence-electron chi connectivity index (χ0n) is 9.65. The fraction of sp³-hybridized carbons (Fsp3) is 0.273. The van der Waals surface area contributed by atoms with Crippen LogP contribution in [-0.4, -0.2) is 40.1 Å². The zero-order valence-corrected chi connectivity index (χ0v) is 12.8. The van der Waals surface area contributed by atoms with Crippen LogP contribution in [0.2, 0.25) is 0 Å². The maximum Gasteiger partial charge on any atom is 0.326 e. The summed E-state index contributed by atoms with van der Waals surface area (Å²) in [6, 6.07) is 1.95. The van der Waals surface area contributed by atoms with Crippen molar-refractivity contribution in [2.24, 2.45) is 0 Å². The normalized spacial score (nSPS) is 12.0. The van der Waals surface area contributed by atoms with Crippen molar-refractivity contribution in [3.8, 4) is 5.75 Å². The van der Waals surface area contributed by atoms with Crippen molar-refractivity contribution < 1.29 is 19.8 Å². The molecule has 98 valence electrons. The third kappa shape index (κ3) is 3.02. The van der Waals surface area contributed by atoms with Crippen molar-refractivity contribution in [3.63, 3.8) is 0 Å². The van der Waals surface area contributed by atoms with Crippen LogP contribution in [0.4, 0.5) is 0 Å². The van der Waals surface area contributed by atoms with Crippen LogP contribution in [0.3, 0.4) is 0 Å². The van der Waals surface area contributed by atoms with Crippen molar-refractivity contribution in [1.29, 1.82) is 0 Å². The lowest BCUT2D eigenvalue weighted by molar-refractivity contribution is -0.141. The lowest BCUT2D eigenvalue weighted by atomic mass is 10.1. The van der Waals surface area contributed by atoms with Gasteiger partial charge >= 0.3 is 5.97 Å². The highest BCUT2D eigenvalue weighted by Crippen LogP contribution is 2.33. The van der Waals surface area contributed by atoms with E-state index >= 15 is 0 Å². The molecule has 1 rings (SSSR count). The van der Waals surface area contributed by atoms with E-state index in [1.165, 1.54) is 26.1 Å². The van der Waals surface area contributed by atoms with Gasteiger partial charge in [-0.15, -0.1) is 0 Å². The van der Waals surface area contributed by atoms with E-state index in [9.17, 15) is 14.7 Å². The minimum atomic E-state index is -1.08. The Kier molecular flexibility index (Phi) is 4.75. The smallest absolute Gasteiger partial charge is 0.326 e. The summed E-state index contributed by atoms with van der Waals surface area (Å²) in [4.78, 5) is 24.0. The first-order valence-corrected chi connectivity index (χ1v) is 6.52. The van der Waals surface area contributed by atoms with Crippen molar-refractivity contribution in [1.82, 2.24) is 4.90 Å². The Hall–Kier alpha value is -1.08. The molecule has 1 amide bonds. The van der Waals surface area contributed by atoms with Gasteiger partial charge in [0.15, 0.2) is 0 Å². The Morgan fingerprint density at radius 1 is 1.28 bits per heavy atom. The van der Waals surface area contributed by atoms with E-state index in [-0.39, 0.29) is 11.3 Å². The molecule has 2 N–H and O–H groups in total. The predicted molar refractivity (Wildman–Crippen MR) is 72.7 cm³/mol. The second-order valence-electron chi connectivity index (χ2n) is 3.72. The number of phenolic OH excluding ortho intramolecular Hbond substituents is 1. The molecular formula is C11H11Br2NO4. The van der Waals surface area contributed by atoms with Crippen LogP contribution < -0.4 is 0 Å². The monoisotopic (exact) mass is 379 g/mol. The molecule has 0 spiro atoms. The minimum Gasteiger partial charge on any atom is -0.506 e. The molecule has 1 atom stereocenters. The Bertz CT molecular complexity index is 481. The van der Waals surface area contributed by atoms with Gasteiger partial charge in [-0.05, 0) is 50.9 Å². The summed E-state index contributed by atoms with van der Waals surface area (Å²) in [6.45, 7) is 1.42. The number of carbonyl (C=O) groups is 2. The maximum atomic E-state index is 12.0. The highest BCUT2D eigenvalue weighted by Gasteiger charge is 2.23. The number of carboxylic acid groups (broad SMARTS) is 1. The molecule has 0 fully saturated rings. The summed E-state index contributed by atoms with van der Waals surface area (Å²) in [5.74, 6) is -1.53. The van der Waals surface area contributed by atoms with E-state index < -0.39 is 17.9 Å². The zero-order chi connectivity index (χ0) is 14.0. The molecule has 7 heteroatoms. The Morgan fingerprint density at radius 2 is 1.72 bits per heavy atom. The number of aliphatic carboxylic acids is 1. The molecule has 0 aliphatic heterocycles. The van der Waals surface area contributed by atoms with Gasteiger partial charge in [0.05, 0.1) is 8.95 Å². The average Bonchev–Trinajstić information content (AvgIpc) is 2.32. The lowest BCUT2D eigenvalue weighted by Gasteiger charge is -2.21. The summed E-state index contributed by atoms with van der Waals surface area (Å²) in [5, 5.41) is 18.4. The van der Waals surface area contributed by atoms with Gasteiger partial charge in [0, 0.05) is 12.6 Å². The number of nitrogens with zero attached hydrogens (tertiary/aromatic N) is 1. The van der Waals surface area contributed by atoms with Gasteiger partial charge in [0.25, 0.3) is 5.91 Å². The number of benzene rings is 1. The first kappa shape index (κ1) is 15.0. The molecule has 0 bridgehead atoms. The number of amides is 1. The van der Waals surface area contributed by atoms with Crippen molar-refractivity contribution in [2.75, 3.05) is 7.05 Å². The molecular weight excluding hydrogens is 370 g/mol. The first-order valence-electron chi connectivity index (χ1n) is 4.93. The standard InChI is InChI=1S/C11H11Br2NO4/c1-5(11(17)18)14(2)10(16)6-3-7(12)9(15)8(13)4-6/h3-5,15H,1-2H3,(H,17,18). The topological polar surface area (TPSA) is 77.8 Å². The second kappa shape index (κ2) is 5.71. The van der Waals surface area contributed by atoms with Crippen LogP contribution in [0.1, 0.15) is 17.3 Å². The van der Waals surface area contributed by atoms with Crippen LogP contribution in [0, 0.1) is 0 Å². The third-order valence-corrected chi connectivity index (χ3v) is 3.73. The highest BCUT2D eigenvalue weighted by atomic mass is 79.9. The number of phenols is 1. The van der Waals surface area contributed by atoms with E-state index in [1.807, 2.05) is 0 Å². The number of carbonyl (C=O) groups excluding carboxylic acids is 1. The summed E-state index contributed by atoms with van der Waals surface area (Å²) < 4.78 is 0.716. The van der Waals surface area contributed by atoms with Crippen LogP contribution in [0.5, 0.6) is 5.75 Å². The highest BCUT2D eigenvalue weighted by molar-refractivity contribution is 9.11. The quantitative estimate of drug-likeness (QED) is 0.844. The molecule has 0 aliphatic rings. The first-order chi connectivity index (χ1) is 8.25. The summed E-state index contributed by atoms with van der Waals surface area (Å²) >= 11 is 6.23. The minimum absolute atomic E-state index is 0.0134. The van der Waals surface area contributed by atoms with Crippen molar-refractivity contribution >= 4 is 43.7 Å². The third-order valence-electron chi connectivity index (χ3n) is 2.52. The number of carboxylic acids is 1.